The number of halogens is 2. The lowest BCUT2D eigenvalue weighted by molar-refractivity contribution is -0.159. The maximum Gasteiger partial charge on any atom is 0.379 e. The maximum atomic E-state index is 12.9. The van der Waals surface area contributed by atoms with E-state index in [1.807, 2.05) is 0 Å². The lowest BCUT2D eigenvalue weighted by Crippen LogP contribution is -2.30. The molecule has 0 radical (unpaired) electrons. The van der Waals surface area contributed by atoms with Crippen molar-refractivity contribution in [2.24, 2.45) is 0 Å². The molecule has 0 heterocycles. The zero-order chi connectivity index (χ0) is 9.90. The summed E-state index contributed by atoms with van der Waals surface area (Å²) in [6, 6.07) is 0. The molecule has 0 aliphatic heterocycles. The van der Waals surface area contributed by atoms with Crippen LogP contribution in [-0.2, 0) is 4.79 Å². The monoisotopic (exact) mass is 190 g/mol. The number of carbonyl (C=O) groups is 1. The standard InChI is InChI=1S/C9H12F2O2/c10-9(11,8(12)13)7-5-3-1-2-4-6-7/h5H,1-4,6H2,(H,12,13). The van der Waals surface area contributed by atoms with Crippen molar-refractivity contribution in [1.29, 1.82) is 0 Å². The fraction of sp³-hybridized carbons (Fsp3) is 0.667. The molecule has 0 bridgehead atoms. The molecule has 0 unspecified atom stereocenters. The number of carboxylic acids is 1. The Morgan fingerprint density at radius 1 is 1.38 bits per heavy atom. The van der Waals surface area contributed by atoms with Crippen molar-refractivity contribution >= 4 is 5.97 Å². The van der Waals surface area contributed by atoms with Crippen LogP contribution in [0.1, 0.15) is 32.1 Å². The lowest BCUT2D eigenvalue weighted by Gasteiger charge is -2.13. The van der Waals surface area contributed by atoms with Crippen LogP contribution in [0, 0.1) is 0 Å². The highest BCUT2D eigenvalue weighted by Gasteiger charge is 2.42. The topological polar surface area (TPSA) is 37.3 Å². The molecule has 2 nitrogen and oxygen atoms in total. The third-order valence-corrected chi connectivity index (χ3v) is 2.21. The number of alkyl halides is 2. The largest absolute Gasteiger partial charge is 0.477 e. The van der Waals surface area contributed by atoms with Crippen LogP contribution in [0.4, 0.5) is 8.78 Å². The van der Waals surface area contributed by atoms with Crippen molar-refractivity contribution in [3.63, 3.8) is 0 Å². The highest BCUT2D eigenvalue weighted by atomic mass is 19.3. The molecule has 0 saturated carbocycles. The van der Waals surface area contributed by atoms with E-state index in [-0.39, 0.29) is 12.0 Å². The van der Waals surface area contributed by atoms with Gasteiger partial charge in [0.2, 0.25) is 0 Å². The fourth-order valence-electron chi connectivity index (χ4n) is 1.44. The van der Waals surface area contributed by atoms with Gasteiger partial charge in [0.25, 0.3) is 0 Å². The minimum atomic E-state index is -3.66. The second kappa shape index (κ2) is 3.85. The first-order valence-electron chi connectivity index (χ1n) is 4.36. The van der Waals surface area contributed by atoms with Gasteiger partial charge in [0.05, 0.1) is 0 Å². The summed E-state index contributed by atoms with van der Waals surface area (Å²) in [4.78, 5) is 10.2. The summed E-state index contributed by atoms with van der Waals surface area (Å²) in [5.74, 6) is -5.70. The van der Waals surface area contributed by atoms with Gasteiger partial charge >= 0.3 is 11.9 Å². The third-order valence-electron chi connectivity index (χ3n) is 2.21. The van der Waals surface area contributed by atoms with E-state index in [9.17, 15) is 13.6 Å². The zero-order valence-corrected chi connectivity index (χ0v) is 7.22. The van der Waals surface area contributed by atoms with Crippen molar-refractivity contribution in [2.75, 3.05) is 0 Å². The maximum absolute atomic E-state index is 12.9. The van der Waals surface area contributed by atoms with Gasteiger partial charge in [-0.05, 0) is 25.7 Å². The van der Waals surface area contributed by atoms with Crippen molar-refractivity contribution in [3.05, 3.63) is 11.6 Å². The second-order valence-electron chi connectivity index (χ2n) is 3.21. The Balaban J connectivity index is 2.78. The molecule has 74 valence electrons. The van der Waals surface area contributed by atoms with Crippen molar-refractivity contribution in [3.8, 4) is 0 Å². The van der Waals surface area contributed by atoms with Gasteiger partial charge < -0.3 is 5.11 Å². The number of hydrogen-bond donors (Lipinski definition) is 1. The molecule has 1 aliphatic rings. The van der Waals surface area contributed by atoms with Crippen molar-refractivity contribution < 1.29 is 18.7 Å². The van der Waals surface area contributed by atoms with E-state index in [0.29, 0.717) is 12.8 Å². The fourth-order valence-corrected chi connectivity index (χ4v) is 1.44. The molecule has 0 fully saturated rings. The van der Waals surface area contributed by atoms with Crippen LogP contribution in [0.5, 0.6) is 0 Å². The van der Waals surface area contributed by atoms with Crippen molar-refractivity contribution in [1.82, 2.24) is 0 Å². The number of hydrogen-bond acceptors (Lipinski definition) is 1. The van der Waals surface area contributed by atoms with Crippen LogP contribution >= 0.6 is 0 Å². The van der Waals surface area contributed by atoms with Crippen LogP contribution in [0.3, 0.4) is 0 Å². The summed E-state index contributed by atoms with van der Waals surface area (Å²) < 4.78 is 25.9. The Bertz CT molecular complexity index is 234. The molecule has 0 atom stereocenters. The summed E-state index contributed by atoms with van der Waals surface area (Å²) >= 11 is 0. The van der Waals surface area contributed by atoms with E-state index < -0.39 is 11.9 Å². The van der Waals surface area contributed by atoms with E-state index in [1.165, 1.54) is 6.08 Å². The molecular weight excluding hydrogens is 178 g/mol. The van der Waals surface area contributed by atoms with Crippen LogP contribution < -0.4 is 0 Å². The first-order chi connectivity index (χ1) is 6.05. The average molecular weight is 190 g/mol. The number of rotatable bonds is 2. The molecule has 1 N–H and O–H groups in total. The predicted molar refractivity (Wildman–Crippen MR) is 43.8 cm³/mol. The van der Waals surface area contributed by atoms with Gasteiger partial charge in [-0.2, -0.15) is 8.78 Å². The summed E-state index contributed by atoms with van der Waals surface area (Å²) in [7, 11) is 0. The van der Waals surface area contributed by atoms with Crippen LogP contribution in [0.2, 0.25) is 0 Å². The van der Waals surface area contributed by atoms with E-state index in [2.05, 4.69) is 0 Å². The Morgan fingerprint density at radius 2 is 2.08 bits per heavy atom. The minimum Gasteiger partial charge on any atom is -0.477 e. The molecule has 0 saturated heterocycles. The average Bonchev–Trinajstić information content (AvgIpc) is 2.31. The Hall–Kier alpha value is -0.930. The Labute approximate surface area is 75.3 Å². The van der Waals surface area contributed by atoms with Crippen molar-refractivity contribution in [2.45, 2.75) is 38.0 Å². The SMILES string of the molecule is O=C(O)C(F)(F)C1=CCCCCC1. The first-order valence-corrected chi connectivity index (χ1v) is 4.36. The zero-order valence-electron chi connectivity index (χ0n) is 7.22. The van der Waals surface area contributed by atoms with E-state index >= 15 is 0 Å². The smallest absolute Gasteiger partial charge is 0.379 e. The first kappa shape index (κ1) is 10.2. The highest BCUT2D eigenvalue weighted by Crippen LogP contribution is 2.31. The number of aliphatic carboxylic acids is 1. The van der Waals surface area contributed by atoms with Crippen LogP contribution in [0.15, 0.2) is 11.6 Å². The van der Waals surface area contributed by atoms with Crippen LogP contribution in [-0.4, -0.2) is 17.0 Å². The number of carboxylic acid groups (broad SMARTS) is 1. The summed E-state index contributed by atoms with van der Waals surface area (Å²) in [6.07, 6.45) is 4.59. The Kier molecular flexibility index (Phi) is 3.01. The molecular formula is C9H12F2O2. The third kappa shape index (κ3) is 2.26. The molecule has 4 heteroatoms. The highest BCUT2D eigenvalue weighted by molar-refractivity contribution is 5.79. The van der Waals surface area contributed by atoms with Gasteiger partial charge in [-0.15, -0.1) is 0 Å². The normalized spacial score (nSPS) is 19.1. The van der Waals surface area contributed by atoms with Gasteiger partial charge in [-0.25, -0.2) is 4.79 Å². The predicted octanol–water partition coefficient (Wildman–Crippen LogP) is 2.60. The molecule has 0 aromatic carbocycles. The van der Waals surface area contributed by atoms with E-state index in [0.717, 1.165) is 12.8 Å². The molecule has 1 aliphatic carbocycles. The molecule has 1 rings (SSSR count). The summed E-state index contributed by atoms with van der Waals surface area (Å²) in [6.45, 7) is 0. The summed E-state index contributed by atoms with van der Waals surface area (Å²) in [5.41, 5.74) is -0.225. The summed E-state index contributed by atoms with van der Waals surface area (Å²) in [5, 5.41) is 8.29. The van der Waals surface area contributed by atoms with Gasteiger partial charge in [0, 0.05) is 5.57 Å². The molecule has 13 heavy (non-hydrogen) atoms. The minimum absolute atomic E-state index is 0.208. The lowest BCUT2D eigenvalue weighted by atomic mass is 10.0. The molecule has 0 spiro atoms. The Morgan fingerprint density at radius 3 is 2.69 bits per heavy atom. The molecule has 0 amide bonds. The van der Waals surface area contributed by atoms with E-state index in [1.54, 1.807) is 0 Å². The van der Waals surface area contributed by atoms with Crippen LogP contribution in [0.25, 0.3) is 0 Å². The van der Waals surface area contributed by atoms with Gasteiger partial charge in [0.1, 0.15) is 0 Å². The van der Waals surface area contributed by atoms with E-state index in [4.69, 9.17) is 5.11 Å². The second-order valence-corrected chi connectivity index (χ2v) is 3.21. The van der Waals surface area contributed by atoms with Gasteiger partial charge in [0.15, 0.2) is 0 Å². The number of allylic oxidation sites excluding steroid dienone is 1. The molecule has 0 aromatic rings. The van der Waals surface area contributed by atoms with Gasteiger partial charge in [-0.1, -0.05) is 12.5 Å². The quantitative estimate of drug-likeness (QED) is 0.679. The van der Waals surface area contributed by atoms with Gasteiger partial charge in [-0.3, -0.25) is 0 Å². The molecule has 0 aromatic heterocycles.